The van der Waals surface area contributed by atoms with E-state index in [1.54, 1.807) is 6.07 Å². The van der Waals surface area contributed by atoms with Gasteiger partial charge in [-0.25, -0.2) is 4.39 Å². The van der Waals surface area contributed by atoms with E-state index in [0.29, 0.717) is 19.1 Å². The highest BCUT2D eigenvalue weighted by molar-refractivity contribution is 5.81. The molecule has 3 rings (SSSR count). The Labute approximate surface area is 173 Å². The molecule has 1 aliphatic carbocycles. The topological polar surface area (TPSA) is 68.8 Å². The first-order valence-electron chi connectivity index (χ1n) is 10.9. The summed E-state index contributed by atoms with van der Waals surface area (Å²) in [6.45, 7) is 7.80. The minimum atomic E-state index is -0.126. The van der Waals surface area contributed by atoms with E-state index < -0.39 is 0 Å². The highest BCUT2D eigenvalue weighted by atomic mass is 19.1. The molecule has 2 fully saturated rings. The predicted octanol–water partition coefficient (Wildman–Crippen LogP) is 2.23. The zero-order valence-corrected chi connectivity index (χ0v) is 17.6. The molecule has 0 bridgehead atoms. The number of likely N-dealkylation sites (tertiary alicyclic amines) is 1. The second-order valence-corrected chi connectivity index (χ2v) is 7.98. The van der Waals surface area contributed by atoms with E-state index in [1.165, 1.54) is 6.07 Å². The largest absolute Gasteiger partial charge is 0.355 e. The molecular weight excluding hydrogens is 369 g/mol. The standard InChI is InChI=1S/C22H34FN5O/c1-3-11-25-21(29)15-28-12-9-16(10-13-28)26-22(24-4-2)27-20-14-18(20)17-7-5-6-8-19(17)23/h5-8,16,18,20H,3-4,9-15H2,1-2H3,(H,25,29)(H2,24,26,27). The lowest BCUT2D eigenvalue weighted by molar-refractivity contribution is -0.122. The number of halogens is 1. The Kier molecular flexibility index (Phi) is 7.86. The maximum Gasteiger partial charge on any atom is 0.234 e. The Morgan fingerprint density at radius 1 is 1.21 bits per heavy atom. The van der Waals surface area contributed by atoms with Gasteiger partial charge in [-0.1, -0.05) is 25.1 Å². The molecule has 6 nitrogen and oxygen atoms in total. The van der Waals surface area contributed by atoms with E-state index in [2.05, 4.69) is 32.8 Å². The Morgan fingerprint density at radius 3 is 2.66 bits per heavy atom. The van der Waals surface area contributed by atoms with Gasteiger partial charge in [0.1, 0.15) is 5.82 Å². The van der Waals surface area contributed by atoms with Crippen LogP contribution in [0, 0.1) is 5.82 Å². The number of nitrogens with zero attached hydrogens (tertiary/aromatic N) is 2. The summed E-state index contributed by atoms with van der Waals surface area (Å²) in [7, 11) is 0. The number of aliphatic imine (C=N–C) groups is 1. The van der Waals surface area contributed by atoms with Crippen molar-refractivity contribution in [1.29, 1.82) is 0 Å². The van der Waals surface area contributed by atoms with Crippen LogP contribution >= 0.6 is 0 Å². The quantitative estimate of drug-likeness (QED) is 0.460. The Morgan fingerprint density at radius 2 is 1.97 bits per heavy atom. The van der Waals surface area contributed by atoms with Crippen molar-refractivity contribution in [3.05, 3.63) is 35.6 Å². The third-order valence-corrected chi connectivity index (χ3v) is 5.60. The van der Waals surface area contributed by atoms with Gasteiger partial charge in [-0.05, 0) is 44.2 Å². The molecule has 2 atom stereocenters. The Bertz CT molecular complexity index is 702. The fourth-order valence-electron chi connectivity index (χ4n) is 3.89. The first-order chi connectivity index (χ1) is 14.1. The summed E-state index contributed by atoms with van der Waals surface area (Å²) in [6.07, 6.45) is 3.85. The summed E-state index contributed by atoms with van der Waals surface area (Å²) >= 11 is 0. The van der Waals surface area contributed by atoms with Crippen LogP contribution in [0.2, 0.25) is 0 Å². The van der Waals surface area contributed by atoms with Gasteiger partial charge in [0.15, 0.2) is 5.96 Å². The van der Waals surface area contributed by atoms with Crippen LogP contribution in [0.1, 0.15) is 51.0 Å². The molecule has 7 heteroatoms. The normalized spacial score (nSPS) is 22.9. The van der Waals surface area contributed by atoms with Crippen LogP contribution < -0.4 is 16.0 Å². The van der Waals surface area contributed by atoms with Gasteiger partial charge >= 0.3 is 0 Å². The van der Waals surface area contributed by atoms with E-state index >= 15 is 0 Å². The van der Waals surface area contributed by atoms with Crippen LogP contribution in [0.3, 0.4) is 0 Å². The average Bonchev–Trinajstić information content (AvgIpc) is 3.47. The van der Waals surface area contributed by atoms with Crippen LogP contribution in [0.15, 0.2) is 29.3 Å². The first kappa shape index (κ1) is 21.6. The summed E-state index contributed by atoms with van der Waals surface area (Å²) in [5.41, 5.74) is 0.788. The van der Waals surface area contributed by atoms with Gasteiger partial charge in [-0.3, -0.25) is 14.7 Å². The van der Waals surface area contributed by atoms with E-state index in [1.807, 2.05) is 19.1 Å². The summed E-state index contributed by atoms with van der Waals surface area (Å²) in [5.74, 6) is 1.01. The van der Waals surface area contributed by atoms with E-state index in [0.717, 1.165) is 56.8 Å². The van der Waals surface area contributed by atoms with Crippen molar-refractivity contribution < 1.29 is 9.18 Å². The van der Waals surface area contributed by atoms with Crippen molar-refractivity contribution in [3.8, 4) is 0 Å². The van der Waals surface area contributed by atoms with Crippen LogP contribution in [0.5, 0.6) is 0 Å². The third kappa shape index (κ3) is 6.42. The number of nitrogens with one attached hydrogen (secondary N) is 3. The summed E-state index contributed by atoms with van der Waals surface area (Å²) in [5, 5.41) is 9.95. The van der Waals surface area contributed by atoms with Crippen molar-refractivity contribution in [2.24, 2.45) is 4.99 Å². The van der Waals surface area contributed by atoms with Crippen molar-refractivity contribution >= 4 is 11.9 Å². The van der Waals surface area contributed by atoms with Gasteiger partial charge in [0.05, 0.1) is 6.54 Å². The molecule has 29 heavy (non-hydrogen) atoms. The molecule has 1 aromatic carbocycles. The number of guanidine groups is 1. The second kappa shape index (κ2) is 10.6. The Hall–Kier alpha value is -2.15. The molecule has 1 saturated carbocycles. The number of carbonyl (C=O) groups excluding carboxylic acids is 1. The third-order valence-electron chi connectivity index (χ3n) is 5.60. The number of carbonyl (C=O) groups is 1. The van der Waals surface area contributed by atoms with Crippen molar-refractivity contribution in [2.45, 2.75) is 57.5 Å². The molecular formula is C22H34FN5O. The van der Waals surface area contributed by atoms with Crippen molar-refractivity contribution in [3.63, 3.8) is 0 Å². The molecule has 0 spiro atoms. The molecule has 1 heterocycles. The number of hydrogen-bond donors (Lipinski definition) is 3. The van der Waals surface area contributed by atoms with Gasteiger partial charge in [-0.15, -0.1) is 0 Å². The molecule has 1 aliphatic heterocycles. The first-order valence-corrected chi connectivity index (χ1v) is 10.9. The smallest absolute Gasteiger partial charge is 0.234 e. The minimum absolute atomic E-state index is 0.112. The fraction of sp³-hybridized carbons (Fsp3) is 0.636. The van der Waals surface area contributed by atoms with Gasteiger partial charge in [-0.2, -0.15) is 0 Å². The molecule has 1 amide bonds. The summed E-state index contributed by atoms with van der Waals surface area (Å²) in [6, 6.07) is 7.59. The zero-order valence-electron chi connectivity index (χ0n) is 17.6. The number of piperidine rings is 1. The summed E-state index contributed by atoms with van der Waals surface area (Å²) < 4.78 is 14.0. The zero-order chi connectivity index (χ0) is 20.6. The molecule has 1 saturated heterocycles. The Balaban J connectivity index is 1.43. The molecule has 3 N–H and O–H groups in total. The van der Waals surface area contributed by atoms with Gasteiger partial charge in [0, 0.05) is 44.2 Å². The van der Waals surface area contributed by atoms with E-state index in [-0.39, 0.29) is 23.7 Å². The molecule has 160 valence electrons. The molecule has 0 aromatic heterocycles. The van der Waals surface area contributed by atoms with Gasteiger partial charge < -0.3 is 16.0 Å². The van der Waals surface area contributed by atoms with E-state index in [9.17, 15) is 9.18 Å². The number of amides is 1. The maximum atomic E-state index is 14.0. The second-order valence-electron chi connectivity index (χ2n) is 7.98. The monoisotopic (exact) mass is 403 g/mol. The molecule has 2 unspecified atom stereocenters. The lowest BCUT2D eigenvalue weighted by atomic mass is 10.1. The predicted molar refractivity (Wildman–Crippen MR) is 115 cm³/mol. The average molecular weight is 404 g/mol. The minimum Gasteiger partial charge on any atom is -0.355 e. The van der Waals surface area contributed by atoms with Crippen molar-refractivity contribution in [1.82, 2.24) is 20.9 Å². The fourth-order valence-corrected chi connectivity index (χ4v) is 3.89. The van der Waals surface area contributed by atoms with Gasteiger partial charge in [0.2, 0.25) is 5.91 Å². The lowest BCUT2D eigenvalue weighted by Gasteiger charge is -2.32. The SMILES string of the molecule is CCCNC(=O)CN1CCC(NC(=NCC)NC2CC2c2ccccc2F)CC1. The molecule has 0 radical (unpaired) electrons. The highest BCUT2D eigenvalue weighted by Gasteiger charge is 2.40. The van der Waals surface area contributed by atoms with Crippen LogP contribution in [0.25, 0.3) is 0 Å². The van der Waals surface area contributed by atoms with Crippen LogP contribution in [0.4, 0.5) is 4.39 Å². The van der Waals surface area contributed by atoms with Crippen molar-refractivity contribution in [2.75, 3.05) is 32.7 Å². The lowest BCUT2D eigenvalue weighted by Crippen LogP contribution is -2.50. The van der Waals surface area contributed by atoms with E-state index in [4.69, 9.17) is 0 Å². The molecule has 1 aromatic rings. The number of benzene rings is 1. The summed E-state index contributed by atoms with van der Waals surface area (Å²) in [4.78, 5) is 18.7. The highest BCUT2D eigenvalue weighted by Crippen LogP contribution is 2.41. The molecule has 2 aliphatic rings. The number of rotatable bonds is 8. The van der Waals surface area contributed by atoms with Gasteiger partial charge in [0.25, 0.3) is 0 Å². The van der Waals surface area contributed by atoms with Crippen LogP contribution in [-0.2, 0) is 4.79 Å². The number of hydrogen-bond acceptors (Lipinski definition) is 3. The van der Waals surface area contributed by atoms with Crippen LogP contribution in [-0.4, -0.2) is 61.6 Å². The maximum absolute atomic E-state index is 14.0.